The summed E-state index contributed by atoms with van der Waals surface area (Å²) in [6.45, 7) is 12.3. The third-order valence-corrected chi connectivity index (χ3v) is 8.43. The summed E-state index contributed by atoms with van der Waals surface area (Å²) in [6.07, 6.45) is 3.62. The molecular weight excluding hydrogens is 430 g/mol. The van der Waals surface area contributed by atoms with Crippen molar-refractivity contribution in [2.24, 2.45) is 10.8 Å². The van der Waals surface area contributed by atoms with Crippen molar-refractivity contribution in [3.05, 3.63) is 0 Å². The molecule has 0 amide bonds. The maximum atomic E-state index is 6.09. The van der Waals surface area contributed by atoms with Gasteiger partial charge in [0.1, 0.15) is 24.4 Å². The van der Waals surface area contributed by atoms with E-state index >= 15 is 0 Å². The highest BCUT2D eigenvalue weighted by Gasteiger charge is 2.52. The molecule has 0 saturated carbocycles. The highest BCUT2D eigenvalue weighted by molar-refractivity contribution is 7.42. The minimum Gasteiger partial charge on any atom is -0.370 e. The molecule has 0 aliphatic carbocycles. The lowest BCUT2D eigenvalue weighted by Gasteiger charge is -2.36. The largest absolute Gasteiger partial charge is 0.370 e. The zero-order chi connectivity index (χ0) is 21.2. The van der Waals surface area contributed by atoms with E-state index in [1.54, 1.807) is 0 Å². The molecule has 4 saturated heterocycles. The van der Waals surface area contributed by atoms with E-state index < -0.39 is 17.2 Å². The Labute approximate surface area is 182 Å². The fourth-order valence-corrected chi connectivity index (χ4v) is 7.31. The van der Waals surface area contributed by atoms with Crippen molar-refractivity contribution in [2.75, 3.05) is 39.6 Å². The maximum Gasteiger partial charge on any atom is 0.333 e. The van der Waals surface area contributed by atoms with Crippen molar-refractivity contribution in [1.82, 2.24) is 0 Å². The molecule has 4 atom stereocenters. The van der Waals surface area contributed by atoms with Crippen molar-refractivity contribution < 1.29 is 36.6 Å². The van der Waals surface area contributed by atoms with Crippen molar-refractivity contribution in [2.45, 2.75) is 77.8 Å². The smallest absolute Gasteiger partial charge is 0.333 e. The quantitative estimate of drug-likeness (QED) is 0.476. The lowest BCUT2D eigenvalue weighted by Crippen LogP contribution is -2.36. The van der Waals surface area contributed by atoms with Gasteiger partial charge >= 0.3 is 17.2 Å². The standard InChI is InChI=1S/C20H36O8P2/c1-5-7-19(3)11-23-29(24-12-19)27-15-9-21-18-16(10-22-17(15)18)28-30-25-13-20(4,8-6-2)14-26-30/h15-18H,5-14H2,1-4H3. The summed E-state index contributed by atoms with van der Waals surface area (Å²) < 4.78 is 47.7. The highest BCUT2D eigenvalue weighted by atomic mass is 31.2. The zero-order valence-electron chi connectivity index (χ0n) is 18.5. The van der Waals surface area contributed by atoms with Crippen LogP contribution < -0.4 is 0 Å². The van der Waals surface area contributed by atoms with Crippen LogP contribution in [0.3, 0.4) is 0 Å². The number of ether oxygens (including phenoxy) is 2. The number of rotatable bonds is 8. The molecule has 4 heterocycles. The average Bonchev–Trinajstić information content (AvgIpc) is 3.30. The van der Waals surface area contributed by atoms with Crippen LogP contribution in [-0.4, -0.2) is 64.1 Å². The summed E-state index contributed by atoms with van der Waals surface area (Å²) in [4.78, 5) is 0. The van der Waals surface area contributed by atoms with Crippen molar-refractivity contribution in [3.8, 4) is 0 Å². The Morgan fingerprint density at radius 3 is 1.40 bits per heavy atom. The first-order valence-electron chi connectivity index (χ1n) is 11.1. The Hall–Kier alpha value is 0.540. The van der Waals surface area contributed by atoms with Crippen LogP contribution in [0.15, 0.2) is 0 Å². The summed E-state index contributed by atoms with van der Waals surface area (Å²) in [6, 6.07) is 0. The normalized spacial score (nSPS) is 46.8. The summed E-state index contributed by atoms with van der Waals surface area (Å²) >= 11 is 0. The van der Waals surface area contributed by atoms with Gasteiger partial charge in [-0.3, -0.25) is 0 Å². The summed E-state index contributed by atoms with van der Waals surface area (Å²) in [5.74, 6) is 0. The first kappa shape index (κ1) is 23.7. The molecule has 4 unspecified atom stereocenters. The Kier molecular flexibility index (Phi) is 8.06. The first-order chi connectivity index (χ1) is 14.4. The van der Waals surface area contributed by atoms with Gasteiger partial charge in [-0.1, -0.05) is 40.5 Å². The van der Waals surface area contributed by atoms with Crippen molar-refractivity contribution in [3.63, 3.8) is 0 Å². The molecule has 0 aromatic carbocycles. The molecule has 174 valence electrons. The Morgan fingerprint density at radius 2 is 1.07 bits per heavy atom. The van der Waals surface area contributed by atoms with E-state index in [0.717, 1.165) is 25.7 Å². The topological polar surface area (TPSA) is 73.8 Å². The fraction of sp³-hybridized carbons (Fsp3) is 1.00. The third kappa shape index (κ3) is 5.53. The van der Waals surface area contributed by atoms with E-state index in [0.29, 0.717) is 39.6 Å². The van der Waals surface area contributed by atoms with E-state index in [9.17, 15) is 0 Å². The van der Waals surface area contributed by atoms with Gasteiger partial charge in [-0.15, -0.1) is 0 Å². The van der Waals surface area contributed by atoms with Crippen molar-refractivity contribution >= 4 is 17.2 Å². The molecule has 30 heavy (non-hydrogen) atoms. The first-order valence-corrected chi connectivity index (χ1v) is 13.3. The minimum absolute atomic E-state index is 0.0732. The molecule has 0 bridgehead atoms. The van der Waals surface area contributed by atoms with Crippen LogP contribution in [0.4, 0.5) is 0 Å². The predicted octanol–water partition coefficient (Wildman–Crippen LogP) is 4.71. The number of hydrogen-bond donors (Lipinski definition) is 0. The molecule has 0 spiro atoms. The van der Waals surface area contributed by atoms with E-state index in [1.165, 1.54) is 0 Å². The molecule has 4 aliphatic heterocycles. The maximum absolute atomic E-state index is 6.09. The van der Waals surface area contributed by atoms with Crippen LogP contribution in [0.5, 0.6) is 0 Å². The minimum atomic E-state index is -1.37. The lowest BCUT2D eigenvalue weighted by molar-refractivity contribution is -0.0325. The monoisotopic (exact) mass is 466 g/mol. The molecule has 4 rings (SSSR count). The highest BCUT2D eigenvalue weighted by Crippen LogP contribution is 2.53. The SMILES string of the molecule is CCCC1(C)COP(OC2COC3C(OP4OCC(C)(CCC)CO4)COC23)OC1. The number of fused-ring (bicyclic) bond motifs is 1. The summed E-state index contributed by atoms with van der Waals surface area (Å²) in [5, 5.41) is 0. The van der Waals surface area contributed by atoms with Crippen LogP contribution in [-0.2, 0) is 36.6 Å². The van der Waals surface area contributed by atoms with Crippen LogP contribution >= 0.6 is 17.2 Å². The van der Waals surface area contributed by atoms with Crippen LogP contribution in [0.2, 0.25) is 0 Å². The van der Waals surface area contributed by atoms with Crippen LogP contribution in [0, 0.1) is 10.8 Å². The van der Waals surface area contributed by atoms with Crippen molar-refractivity contribution in [1.29, 1.82) is 0 Å². The van der Waals surface area contributed by atoms with E-state index in [2.05, 4.69) is 27.7 Å². The average molecular weight is 466 g/mol. The van der Waals surface area contributed by atoms with Gasteiger partial charge in [-0.2, -0.15) is 0 Å². The molecule has 0 aromatic rings. The second kappa shape index (κ2) is 10.2. The predicted molar refractivity (Wildman–Crippen MR) is 113 cm³/mol. The molecule has 0 N–H and O–H groups in total. The Balaban J connectivity index is 1.22. The Bertz CT molecular complexity index is 503. The molecule has 0 aromatic heterocycles. The lowest BCUT2D eigenvalue weighted by atomic mass is 9.88. The van der Waals surface area contributed by atoms with Gasteiger partial charge in [-0.25, -0.2) is 0 Å². The second-order valence-electron chi connectivity index (χ2n) is 9.55. The van der Waals surface area contributed by atoms with E-state index in [4.69, 9.17) is 36.6 Å². The van der Waals surface area contributed by atoms with Gasteiger partial charge in [0.2, 0.25) is 0 Å². The molecule has 4 aliphatic rings. The van der Waals surface area contributed by atoms with Gasteiger partial charge in [0, 0.05) is 10.8 Å². The third-order valence-electron chi connectivity index (χ3n) is 6.19. The summed E-state index contributed by atoms with van der Waals surface area (Å²) in [7, 11) is -2.73. The van der Waals surface area contributed by atoms with Gasteiger partial charge in [0.25, 0.3) is 0 Å². The second-order valence-corrected chi connectivity index (χ2v) is 11.9. The van der Waals surface area contributed by atoms with E-state index in [-0.39, 0.29) is 35.2 Å². The number of hydrogen-bond acceptors (Lipinski definition) is 8. The fourth-order valence-electron chi connectivity index (χ4n) is 4.44. The van der Waals surface area contributed by atoms with E-state index in [1.807, 2.05) is 0 Å². The zero-order valence-corrected chi connectivity index (χ0v) is 20.3. The molecular formula is C20H36O8P2. The van der Waals surface area contributed by atoms with Crippen LogP contribution in [0.1, 0.15) is 53.4 Å². The molecule has 0 radical (unpaired) electrons. The summed E-state index contributed by atoms with van der Waals surface area (Å²) in [5.41, 5.74) is 0.146. The van der Waals surface area contributed by atoms with Gasteiger partial charge in [0.05, 0.1) is 39.6 Å². The Morgan fingerprint density at radius 1 is 0.700 bits per heavy atom. The van der Waals surface area contributed by atoms with Crippen LogP contribution in [0.25, 0.3) is 0 Å². The van der Waals surface area contributed by atoms with Gasteiger partial charge in [-0.05, 0) is 12.8 Å². The molecule has 10 heteroatoms. The molecule has 8 nitrogen and oxygen atoms in total. The molecule has 4 fully saturated rings. The van der Waals surface area contributed by atoms with Gasteiger partial charge in [0.15, 0.2) is 0 Å². The van der Waals surface area contributed by atoms with Gasteiger partial charge < -0.3 is 36.6 Å².